The molecule has 0 aliphatic rings. The molecule has 0 bridgehead atoms. The number of benzene rings is 3. The molecule has 0 saturated heterocycles. The van der Waals surface area contributed by atoms with Gasteiger partial charge in [0.25, 0.3) is 11.6 Å². The van der Waals surface area contributed by atoms with E-state index in [4.69, 9.17) is 16.0 Å². The third-order valence-corrected chi connectivity index (χ3v) is 4.63. The molecule has 4 aromatic rings. The molecule has 0 unspecified atom stereocenters. The van der Waals surface area contributed by atoms with Crippen LogP contribution in [0.25, 0.3) is 21.7 Å². The first kappa shape index (κ1) is 17.7. The molecule has 0 aliphatic heterocycles. The molecule has 1 aromatic heterocycles. The van der Waals surface area contributed by atoms with Crippen LogP contribution in [0.4, 0.5) is 11.4 Å². The van der Waals surface area contributed by atoms with Gasteiger partial charge >= 0.3 is 5.63 Å². The van der Waals surface area contributed by atoms with Gasteiger partial charge in [-0.05, 0) is 29.0 Å². The third kappa shape index (κ3) is 3.08. The summed E-state index contributed by atoms with van der Waals surface area (Å²) in [6, 6.07) is 16.1. The number of carbonyl (C=O) groups excluding carboxylic acids is 1. The van der Waals surface area contributed by atoms with Crippen molar-refractivity contribution in [3.8, 4) is 0 Å². The summed E-state index contributed by atoms with van der Waals surface area (Å²) in [5.74, 6) is -0.749. The molecule has 0 saturated carbocycles. The van der Waals surface area contributed by atoms with E-state index in [9.17, 15) is 19.7 Å². The zero-order valence-corrected chi connectivity index (χ0v) is 14.9. The van der Waals surface area contributed by atoms with Gasteiger partial charge in [-0.2, -0.15) is 0 Å². The number of hydrogen-bond donors (Lipinski definition) is 1. The lowest BCUT2D eigenvalue weighted by atomic mass is 10.1. The lowest BCUT2D eigenvalue weighted by Crippen LogP contribution is -2.18. The molecule has 1 amide bonds. The van der Waals surface area contributed by atoms with Crippen molar-refractivity contribution in [3.05, 3.63) is 91.8 Å². The molecule has 138 valence electrons. The Hall–Kier alpha value is -3.71. The Labute approximate surface area is 162 Å². The number of nitro benzene ring substituents is 1. The van der Waals surface area contributed by atoms with Crippen molar-refractivity contribution in [1.29, 1.82) is 0 Å². The van der Waals surface area contributed by atoms with Gasteiger partial charge in [0.2, 0.25) is 0 Å². The third-order valence-electron chi connectivity index (χ3n) is 4.30. The van der Waals surface area contributed by atoms with E-state index in [-0.39, 0.29) is 22.0 Å². The highest BCUT2D eigenvalue weighted by Gasteiger charge is 2.18. The van der Waals surface area contributed by atoms with Crippen molar-refractivity contribution in [1.82, 2.24) is 0 Å². The maximum Gasteiger partial charge on any atom is 0.360 e. The van der Waals surface area contributed by atoms with Crippen LogP contribution < -0.4 is 10.9 Å². The smallest absolute Gasteiger partial charge is 0.360 e. The molecular weight excluding hydrogens is 384 g/mol. The van der Waals surface area contributed by atoms with Gasteiger partial charge in [0.05, 0.1) is 15.5 Å². The minimum atomic E-state index is -0.749. The summed E-state index contributed by atoms with van der Waals surface area (Å²) in [5.41, 5.74) is -0.844. The molecule has 0 fully saturated rings. The van der Waals surface area contributed by atoms with Crippen molar-refractivity contribution in [2.45, 2.75) is 0 Å². The minimum Gasteiger partial charge on any atom is -0.421 e. The maximum atomic E-state index is 12.6. The summed E-state index contributed by atoms with van der Waals surface area (Å²) in [4.78, 5) is 35.1. The number of rotatable bonds is 3. The van der Waals surface area contributed by atoms with E-state index in [0.717, 1.165) is 16.8 Å². The van der Waals surface area contributed by atoms with Crippen molar-refractivity contribution < 1.29 is 14.1 Å². The first-order chi connectivity index (χ1) is 13.4. The van der Waals surface area contributed by atoms with E-state index in [2.05, 4.69) is 5.32 Å². The highest BCUT2D eigenvalue weighted by molar-refractivity contribution is 6.34. The second kappa shape index (κ2) is 6.79. The van der Waals surface area contributed by atoms with E-state index < -0.39 is 16.5 Å². The number of amides is 1. The molecule has 0 atom stereocenters. The van der Waals surface area contributed by atoms with E-state index in [1.165, 1.54) is 18.2 Å². The topological polar surface area (TPSA) is 102 Å². The predicted molar refractivity (Wildman–Crippen MR) is 106 cm³/mol. The minimum absolute atomic E-state index is 0.0266. The van der Waals surface area contributed by atoms with Crippen LogP contribution in [0.5, 0.6) is 0 Å². The largest absolute Gasteiger partial charge is 0.421 e. The van der Waals surface area contributed by atoms with Crippen LogP contribution in [0.15, 0.2) is 69.9 Å². The molecule has 8 heteroatoms. The molecule has 7 nitrogen and oxygen atoms in total. The number of non-ortho nitro benzene ring substituents is 1. The van der Waals surface area contributed by atoms with Gasteiger partial charge in [0, 0.05) is 17.5 Å². The van der Waals surface area contributed by atoms with Crippen molar-refractivity contribution in [3.63, 3.8) is 0 Å². The van der Waals surface area contributed by atoms with Crippen LogP contribution in [-0.2, 0) is 0 Å². The highest BCUT2D eigenvalue weighted by Crippen LogP contribution is 2.27. The molecule has 0 aliphatic carbocycles. The standard InChI is InChI=1S/C20H11ClN2O5/c21-16-7-6-12(23(26)27)9-15(16)19(24)22-17-10-14-13-4-2-1-3-11(13)5-8-18(14)28-20(17)25/h1-10H,(H,22,24). The summed E-state index contributed by atoms with van der Waals surface area (Å²) in [6.07, 6.45) is 0. The molecule has 1 heterocycles. The van der Waals surface area contributed by atoms with Crippen molar-refractivity contribution in [2.75, 3.05) is 5.32 Å². The van der Waals surface area contributed by atoms with Crippen LogP contribution in [-0.4, -0.2) is 10.8 Å². The maximum absolute atomic E-state index is 12.6. The number of nitrogens with zero attached hydrogens (tertiary/aromatic N) is 1. The van der Waals surface area contributed by atoms with E-state index >= 15 is 0 Å². The number of nitrogens with one attached hydrogen (secondary N) is 1. The lowest BCUT2D eigenvalue weighted by molar-refractivity contribution is -0.384. The van der Waals surface area contributed by atoms with Gasteiger partial charge in [-0.15, -0.1) is 0 Å². The Kier molecular flexibility index (Phi) is 4.29. The van der Waals surface area contributed by atoms with Crippen LogP contribution in [0, 0.1) is 10.1 Å². The summed E-state index contributed by atoms with van der Waals surface area (Å²) >= 11 is 5.99. The zero-order valence-electron chi connectivity index (χ0n) is 14.1. The number of fused-ring (bicyclic) bond motifs is 3. The number of hydrogen-bond acceptors (Lipinski definition) is 5. The average Bonchev–Trinajstić information content (AvgIpc) is 2.68. The average molecular weight is 395 g/mol. The fraction of sp³-hybridized carbons (Fsp3) is 0. The second-order valence-electron chi connectivity index (χ2n) is 6.02. The number of halogens is 1. The molecular formula is C20H11ClN2O5. The molecule has 28 heavy (non-hydrogen) atoms. The fourth-order valence-electron chi connectivity index (χ4n) is 2.95. The van der Waals surface area contributed by atoms with E-state index in [1.807, 2.05) is 30.3 Å². The number of anilines is 1. The highest BCUT2D eigenvalue weighted by atomic mass is 35.5. The van der Waals surface area contributed by atoms with Gasteiger partial charge in [-0.1, -0.05) is 41.9 Å². The van der Waals surface area contributed by atoms with Crippen molar-refractivity contribution >= 4 is 50.6 Å². The Morgan fingerprint density at radius 2 is 1.82 bits per heavy atom. The summed E-state index contributed by atoms with van der Waals surface area (Å²) in [7, 11) is 0. The Morgan fingerprint density at radius 1 is 1.04 bits per heavy atom. The van der Waals surface area contributed by atoms with Crippen LogP contribution >= 0.6 is 11.6 Å². The quantitative estimate of drug-likeness (QED) is 0.233. The Balaban J connectivity index is 1.79. The zero-order chi connectivity index (χ0) is 19.8. The number of carbonyl (C=O) groups is 1. The molecule has 0 radical (unpaired) electrons. The van der Waals surface area contributed by atoms with Gasteiger partial charge < -0.3 is 9.73 Å². The lowest BCUT2D eigenvalue weighted by Gasteiger charge is -2.08. The van der Waals surface area contributed by atoms with Crippen LogP contribution in [0.3, 0.4) is 0 Å². The summed E-state index contributed by atoms with van der Waals surface area (Å²) < 4.78 is 5.32. The monoisotopic (exact) mass is 394 g/mol. The molecule has 0 spiro atoms. The Morgan fingerprint density at radius 3 is 2.61 bits per heavy atom. The normalized spacial score (nSPS) is 10.9. The summed E-state index contributed by atoms with van der Waals surface area (Å²) in [5, 5.41) is 15.9. The molecule has 3 aromatic carbocycles. The second-order valence-corrected chi connectivity index (χ2v) is 6.43. The van der Waals surface area contributed by atoms with Gasteiger partial charge in [0.15, 0.2) is 0 Å². The van der Waals surface area contributed by atoms with E-state index in [0.29, 0.717) is 11.0 Å². The molecule has 1 N–H and O–H groups in total. The van der Waals surface area contributed by atoms with Crippen LogP contribution in [0.1, 0.15) is 10.4 Å². The first-order valence-corrected chi connectivity index (χ1v) is 8.53. The van der Waals surface area contributed by atoms with Gasteiger partial charge in [-0.25, -0.2) is 4.79 Å². The van der Waals surface area contributed by atoms with Gasteiger partial charge in [0.1, 0.15) is 11.3 Å². The SMILES string of the molecule is O=C(Nc1cc2c(ccc3ccccc32)oc1=O)c1cc([N+](=O)[O-])ccc1Cl. The van der Waals surface area contributed by atoms with Crippen LogP contribution in [0.2, 0.25) is 5.02 Å². The first-order valence-electron chi connectivity index (χ1n) is 8.15. The Bertz CT molecular complexity index is 1330. The summed E-state index contributed by atoms with van der Waals surface area (Å²) in [6.45, 7) is 0. The van der Waals surface area contributed by atoms with Crippen molar-refractivity contribution in [2.24, 2.45) is 0 Å². The molecule has 4 rings (SSSR count). The van der Waals surface area contributed by atoms with E-state index in [1.54, 1.807) is 6.07 Å². The predicted octanol–water partition coefficient (Wildman–Crippen LogP) is 4.76. The number of nitro groups is 1. The van der Waals surface area contributed by atoms with Gasteiger partial charge in [-0.3, -0.25) is 14.9 Å². The fourth-order valence-corrected chi connectivity index (χ4v) is 3.15.